The van der Waals surface area contributed by atoms with Gasteiger partial charge < -0.3 is 19.7 Å². The van der Waals surface area contributed by atoms with Gasteiger partial charge in [0.15, 0.2) is 0 Å². The zero-order valence-corrected chi connectivity index (χ0v) is 18.9. The molecule has 0 amide bonds. The molecule has 0 saturated heterocycles. The third-order valence-electron chi connectivity index (χ3n) is 5.12. The summed E-state index contributed by atoms with van der Waals surface area (Å²) in [7, 11) is 0. The zero-order valence-electron chi connectivity index (χ0n) is 18.0. The van der Waals surface area contributed by atoms with Gasteiger partial charge in [0.2, 0.25) is 0 Å². The van der Waals surface area contributed by atoms with Crippen molar-refractivity contribution in [3.63, 3.8) is 0 Å². The molecule has 1 aliphatic rings. The van der Waals surface area contributed by atoms with Crippen molar-refractivity contribution in [3.8, 4) is 47.7 Å². The van der Waals surface area contributed by atoms with E-state index in [4.69, 9.17) is 22.3 Å². The molecule has 2 aromatic rings. The number of nitrogens with zero attached hydrogens (tertiary/aromatic N) is 2. The number of hydrogen-bond acceptors (Lipinski definition) is 6. The monoisotopic (exact) mass is 491 g/mol. The normalized spacial score (nSPS) is 17.8. The van der Waals surface area contributed by atoms with Crippen molar-refractivity contribution in [1.82, 2.24) is 0 Å². The summed E-state index contributed by atoms with van der Waals surface area (Å²) < 4.78 is 10.5. The smallest absolute Gasteiger partial charge is 0.872 e. The molecule has 0 aromatic heterocycles. The van der Waals surface area contributed by atoms with Crippen LogP contribution in [0.25, 0.3) is 0 Å². The molecular formula is C26H24CuN2O4. The van der Waals surface area contributed by atoms with Crippen LogP contribution in [0.3, 0.4) is 0 Å². The van der Waals surface area contributed by atoms with E-state index in [1.807, 2.05) is 0 Å². The molecule has 6 nitrogen and oxygen atoms in total. The van der Waals surface area contributed by atoms with E-state index in [-0.39, 0.29) is 53.9 Å². The summed E-state index contributed by atoms with van der Waals surface area (Å²) in [5, 5.41) is 24.6. The fourth-order valence-electron chi connectivity index (χ4n) is 3.46. The molecule has 0 aliphatic heterocycles. The topological polar surface area (TPSA) is 89.3 Å². The van der Waals surface area contributed by atoms with Crippen LogP contribution in [0.1, 0.15) is 36.8 Å². The van der Waals surface area contributed by atoms with Crippen LogP contribution in [-0.2, 0) is 17.1 Å². The van der Waals surface area contributed by atoms with Crippen molar-refractivity contribution in [2.75, 3.05) is 13.2 Å². The van der Waals surface area contributed by atoms with Crippen LogP contribution in [0.4, 0.5) is 0 Å². The molecule has 2 atom stereocenters. The van der Waals surface area contributed by atoms with Crippen molar-refractivity contribution in [3.05, 3.63) is 47.5 Å². The molecule has 1 aliphatic carbocycles. The third-order valence-corrected chi connectivity index (χ3v) is 5.12. The minimum atomic E-state index is -0.178. The summed E-state index contributed by atoms with van der Waals surface area (Å²) in [6.45, 7) is 0.223. The Morgan fingerprint density at radius 1 is 0.818 bits per heavy atom. The Bertz CT molecular complexity index is 983. The van der Waals surface area contributed by atoms with Gasteiger partial charge in [-0.1, -0.05) is 48.3 Å². The van der Waals surface area contributed by atoms with E-state index in [1.54, 1.807) is 36.7 Å². The number of hydrogen-bond donors (Lipinski definition) is 0. The van der Waals surface area contributed by atoms with Gasteiger partial charge in [0, 0.05) is 12.4 Å². The molecular weight excluding hydrogens is 468 g/mol. The van der Waals surface area contributed by atoms with Crippen LogP contribution in [-0.4, -0.2) is 37.7 Å². The van der Waals surface area contributed by atoms with Crippen molar-refractivity contribution >= 4 is 12.4 Å². The number of rotatable bonds is 8. The minimum Gasteiger partial charge on any atom is -0.872 e. The largest absolute Gasteiger partial charge is 2.00 e. The van der Waals surface area contributed by atoms with Gasteiger partial charge in [-0.15, -0.1) is 12.8 Å². The summed E-state index contributed by atoms with van der Waals surface area (Å²) in [6.07, 6.45) is 17.4. The number of benzene rings is 2. The van der Waals surface area contributed by atoms with Crippen molar-refractivity contribution in [1.29, 1.82) is 0 Å². The van der Waals surface area contributed by atoms with Crippen LogP contribution in [0.5, 0.6) is 23.0 Å². The average Bonchev–Trinajstić information content (AvgIpc) is 2.80. The summed E-state index contributed by atoms with van der Waals surface area (Å²) >= 11 is 0. The molecule has 173 valence electrons. The molecule has 3 rings (SSSR count). The Kier molecular flexibility index (Phi) is 10.4. The van der Waals surface area contributed by atoms with Crippen LogP contribution < -0.4 is 19.7 Å². The Labute approximate surface area is 205 Å². The van der Waals surface area contributed by atoms with Crippen LogP contribution >= 0.6 is 0 Å². The Balaban J connectivity index is 0.00000385. The first-order valence-electron chi connectivity index (χ1n) is 10.4. The summed E-state index contributed by atoms with van der Waals surface area (Å²) in [4.78, 5) is 9.28. The fraction of sp³-hybridized carbons (Fsp3) is 0.308. The predicted octanol–water partition coefficient (Wildman–Crippen LogP) is 2.70. The van der Waals surface area contributed by atoms with Crippen molar-refractivity contribution < 1.29 is 36.8 Å². The molecule has 0 heterocycles. The first-order chi connectivity index (χ1) is 15.6. The van der Waals surface area contributed by atoms with E-state index in [9.17, 15) is 10.2 Å². The van der Waals surface area contributed by atoms with Gasteiger partial charge in [0.25, 0.3) is 0 Å². The number of aliphatic imine (C=N–C) groups is 2. The van der Waals surface area contributed by atoms with Gasteiger partial charge in [-0.25, -0.2) is 0 Å². The molecule has 1 fully saturated rings. The first-order valence-corrected chi connectivity index (χ1v) is 10.4. The fourth-order valence-corrected chi connectivity index (χ4v) is 3.46. The van der Waals surface area contributed by atoms with E-state index >= 15 is 0 Å². The first kappa shape index (κ1) is 25.9. The second-order valence-corrected chi connectivity index (χ2v) is 7.36. The maximum absolute atomic E-state index is 12.3. The molecule has 0 bridgehead atoms. The quantitative estimate of drug-likeness (QED) is 0.322. The van der Waals surface area contributed by atoms with Gasteiger partial charge in [0.05, 0.1) is 12.1 Å². The molecule has 1 saturated carbocycles. The van der Waals surface area contributed by atoms with Gasteiger partial charge in [0.1, 0.15) is 24.7 Å². The summed E-state index contributed by atoms with van der Waals surface area (Å²) in [6, 6.07) is 9.45. The summed E-state index contributed by atoms with van der Waals surface area (Å²) in [5.41, 5.74) is 0.964. The Morgan fingerprint density at radius 2 is 1.24 bits per heavy atom. The molecule has 33 heavy (non-hydrogen) atoms. The number of ether oxygens (including phenoxy) is 2. The van der Waals surface area contributed by atoms with Gasteiger partial charge in [-0.3, -0.25) is 9.98 Å². The van der Waals surface area contributed by atoms with E-state index in [0.717, 1.165) is 25.7 Å². The van der Waals surface area contributed by atoms with Crippen molar-refractivity contribution in [2.24, 2.45) is 9.98 Å². The van der Waals surface area contributed by atoms with E-state index < -0.39 is 0 Å². The Hall–Kier alpha value is -3.38. The molecule has 1 radical (unpaired) electrons. The van der Waals surface area contributed by atoms with Crippen LogP contribution in [0.2, 0.25) is 0 Å². The molecule has 7 heteroatoms. The van der Waals surface area contributed by atoms with Crippen LogP contribution in [0, 0.1) is 24.7 Å². The van der Waals surface area contributed by atoms with E-state index in [2.05, 4.69) is 21.8 Å². The molecule has 0 unspecified atom stereocenters. The maximum Gasteiger partial charge on any atom is 2.00 e. The minimum absolute atomic E-state index is 0. The van der Waals surface area contributed by atoms with Crippen LogP contribution in [0.15, 0.2) is 46.4 Å². The summed E-state index contributed by atoms with van der Waals surface area (Å²) in [5.74, 6) is 5.25. The predicted molar refractivity (Wildman–Crippen MR) is 122 cm³/mol. The molecule has 2 aromatic carbocycles. The molecule has 0 N–H and O–H groups in total. The van der Waals surface area contributed by atoms with Gasteiger partial charge in [-0.2, -0.15) is 0 Å². The standard InChI is InChI=1S/C26H26N2O4.Cu/c1-3-13-31-21-11-9-19(25(29)15-21)17-27-23-7-5-6-8-24(23)28-18-20-10-12-22(16-26(20)30)32-14-4-2;/h1-2,9-12,15-18,23-24,29-30H,5-8,13-14H2;/q;+2/p-2/t23-,24-;/m0./s1. The second kappa shape index (κ2) is 13.2. The molecule has 0 spiro atoms. The van der Waals surface area contributed by atoms with Gasteiger partial charge in [-0.05, 0) is 48.2 Å². The maximum atomic E-state index is 12.3. The average molecular weight is 492 g/mol. The van der Waals surface area contributed by atoms with E-state index in [0.29, 0.717) is 22.6 Å². The third kappa shape index (κ3) is 7.61. The Morgan fingerprint density at radius 3 is 1.61 bits per heavy atom. The SMILES string of the molecule is C#CCOc1ccc(C=N[C@H]2CCCC[C@@H]2N=Cc2ccc(OCC#C)cc2[O-])c([O-])c1.[Cu+2]. The zero-order chi connectivity index (χ0) is 22.8. The van der Waals surface area contributed by atoms with Gasteiger partial charge >= 0.3 is 17.1 Å². The number of terminal acetylenes is 2. The van der Waals surface area contributed by atoms with Crippen molar-refractivity contribution in [2.45, 2.75) is 37.8 Å². The van der Waals surface area contributed by atoms with E-state index in [1.165, 1.54) is 12.1 Å². The second-order valence-electron chi connectivity index (χ2n) is 7.36.